The van der Waals surface area contributed by atoms with Crippen LogP contribution in [0.25, 0.3) is 0 Å². The zero-order valence-corrected chi connectivity index (χ0v) is 30.2. The second kappa shape index (κ2) is 29.8. The second-order valence-electron chi connectivity index (χ2n) is 12.5. The van der Waals surface area contributed by atoms with Crippen LogP contribution in [0.1, 0.15) is 117 Å². The van der Waals surface area contributed by atoms with Crippen molar-refractivity contribution in [2.24, 2.45) is 0 Å². The van der Waals surface area contributed by atoms with E-state index >= 15 is 0 Å². The number of carbonyl (C=O) groups excluding carboxylic acids is 1. The topological polar surface area (TPSA) is 94.1 Å². The van der Waals surface area contributed by atoms with Crippen molar-refractivity contribution >= 4 is 13.8 Å². The van der Waals surface area contributed by atoms with E-state index in [-0.39, 0.29) is 32.2 Å². The molecule has 0 fully saturated rings. The van der Waals surface area contributed by atoms with Crippen LogP contribution in [0.15, 0.2) is 48.6 Å². The molecule has 0 aliphatic rings. The average molecular weight is 656 g/mol. The van der Waals surface area contributed by atoms with Crippen molar-refractivity contribution in [2.75, 3.05) is 54.1 Å². The molecule has 2 atom stereocenters. The Morgan fingerprint density at radius 1 is 0.711 bits per heavy atom. The fraction of sp³-hybridized carbons (Fsp3) is 0.750. The van der Waals surface area contributed by atoms with E-state index in [1.165, 1.54) is 25.7 Å². The minimum absolute atomic E-state index is 0.0194. The van der Waals surface area contributed by atoms with Gasteiger partial charge in [0, 0.05) is 13.0 Å². The van der Waals surface area contributed by atoms with Crippen LogP contribution in [0.2, 0.25) is 0 Å². The third-order valence-electron chi connectivity index (χ3n) is 6.89. The molecule has 0 rings (SSSR count). The van der Waals surface area contributed by atoms with Gasteiger partial charge >= 0.3 is 5.97 Å². The van der Waals surface area contributed by atoms with E-state index in [0.29, 0.717) is 17.6 Å². The van der Waals surface area contributed by atoms with Crippen LogP contribution in [0, 0.1) is 0 Å². The number of allylic oxidation sites excluding steroid dienone is 8. The molecular formula is C36H66NO7P. The van der Waals surface area contributed by atoms with Crippen molar-refractivity contribution < 1.29 is 37.3 Å². The molecule has 45 heavy (non-hydrogen) atoms. The fourth-order valence-corrected chi connectivity index (χ4v) is 4.91. The van der Waals surface area contributed by atoms with Gasteiger partial charge in [-0.1, -0.05) is 107 Å². The zero-order chi connectivity index (χ0) is 33.5. The molecule has 0 bridgehead atoms. The molecule has 0 N–H and O–H groups in total. The van der Waals surface area contributed by atoms with Gasteiger partial charge in [0.15, 0.2) is 0 Å². The van der Waals surface area contributed by atoms with Crippen LogP contribution >= 0.6 is 7.82 Å². The van der Waals surface area contributed by atoms with Crippen LogP contribution in [-0.4, -0.2) is 70.7 Å². The van der Waals surface area contributed by atoms with Gasteiger partial charge in [-0.2, -0.15) is 0 Å². The van der Waals surface area contributed by atoms with Gasteiger partial charge in [-0.05, 0) is 51.4 Å². The van der Waals surface area contributed by atoms with Crippen molar-refractivity contribution in [2.45, 2.75) is 123 Å². The maximum absolute atomic E-state index is 12.5. The Labute approximate surface area is 276 Å². The minimum Gasteiger partial charge on any atom is -0.756 e. The number of carbonyl (C=O) groups is 1. The lowest BCUT2D eigenvalue weighted by Crippen LogP contribution is -2.37. The van der Waals surface area contributed by atoms with Gasteiger partial charge in [-0.3, -0.25) is 9.36 Å². The summed E-state index contributed by atoms with van der Waals surface area (Å²) in [6, 6.07) is 0. The number of unbranched alkanes of at least 4 members (excludes halogenated alkanes) is 9. The molecule has 0 amide bonds. The van der Waals surface area contributed by atoms with E-state index < -0.39 is 13.9 Å². The Morgan fingerprint density at radius 3 is 1.93 bits per heavy atom. The van der Waals surface area contributed by atoms with Gasteiger partial charge in [-0.25, -0.2) is 0 Å². The predicted molar refractivity (Wildman–Crippen MR) is 185 cm³/mol. The van der Waals surface area contributed by atoms with E-state index in [4.69, 9.17) is 18.5 Å². The van der Waals surface area contributed by atoms with Crippen LogP contribution in [0.3, 0.4) is 0 Å². The largest absolute Gasteiger partial charge is 0.756 e. The second-order valence-corrected chi connectivity index (χ2v) is 13.9. The summed E-state index contributed by atoms with van der Waals surface area (Å²) in [5, 5.41) is 0. The molecule has 2 unspecified atom stereocenters. The number of phosphoric ester groups is 1. The third-order valence-corrected chi connectivity index (χ3v) is 7.86. The maximum atomic E-state index is 12.5. The Bertz CT molecular complexity index is 864. The molecule has 0 aliphatic carbocycles. The van der Waals surface area contributed by atoms with Gasteiger partial charge in [0.2, 0.25) is 0 Å². The van der Waals surface area contributed by atoms with Crippen LogP contribution in [0.5, 0.6) is 0 Å². The van der Waals surface area contributed by atoms with Gasteiger partial charge < -0.3 is 27.9 Å². The molecule has 0 radical (unpaired) electrons. The monoisotopic (exact) mass is 655 g/mol. The Morgan fingerprint density at radius 2 is 1.29 bits per heavy atom. The lowest BCUT2D eigenvalue weighted by atomic mass is 10.1. The first-order valence-corrected chi connectivity index (χ1v) is 18.8. The molecule has 0 heterocycles. The van der Waals surface area contributed by atoms with E-state index in [1.807, 2.05) is 21.1 Å². The SMILES string of the molecule is CC/C=C\C/C=C\C/C=C\C/C=C\CCCCCCC(=O)OC(COCCCCCCCC)COP(=O)([O-])OCC[N+](C)(C)C. The lowest BCUT2D eigenvalue weighted by molar-refractivity contribution is -0.870. The molecule has 0 aliphatic heterocycles. The standard InChI is InChI=1S/C36H66NO7P/c1-6-8-10-12-14-15-16-17-18-19-20-21-22-23-24-25-27-29-36(38)44-35(33-41-31-28-26-13-11-9-7-2)34-43-45(39,40)42-32-30-37(3,4)5/h8,10,14-15,17-18,20-21,35H,6-7,9,11-13,16,19,22-34H2,1-5H3/b10-8-,15-14-,18-17-,21-20-. The number of hydrogen-bond acceptors (Lipinski definition) is 7. The number of hydrogen-bond donors (Lipinski definition) is 0. The summed E-state index contributed by atoms with van der Waals surface area (Å²) in [6.45, 7) is 5.18. The molecule has 0 aromatic heterocycles. The van der Waals surface area contributed by atoms with E-state index in [2.05, 4.69) is 62.5 Å². The summed E-state index contributed by atoms with van der Waals surface area (Å²) in [6.07, 6.45) is 32.8. The predicted octanol–water partition coefficient (Wildman–Crippen LogP) is 8.63. The highest BCUT2D eigenvalue weighted by Gasteiger charge is 2.20. The number of ether oxygens (including phenoxy) is 2. The number of nitrogens with zero attached hydrogens (tertiary/aromatic N) is 1. The molecule has 262 valence electrons. The van der Waals surface area contributed by atoms with Gasteiger partial charge in [-0.15, -0.1) is 0 Å². The van der Waals surface area contributed by atoms with Gasteiger partial charge in [0.1, 0.15) is 19.3 Å². The number of likely N-dealkylation sites (N-methyl/N-ethyl adjacent to an activating group) is 1. The summed E-state index contributed by atoms with van der Waals surface area (Å²) in [5.74, 6) is -0.364. The van der Waals surface area contributed by atoms with Crippen LogP contribution in [-0.2, 0) is 27.9 Å². The lowest BCUT2D eigenvalue weighted by Gasteiger charge is -2.28. The maximum Gasteiger partial charge on any atom is 0.306 e. The minimum atomic E-state index is -4.51. The van der Waals surface area contributed by atoms with E-state index in [0.717, 1.165) is 70.6 Å². The molecule has 0 aromatic rings. The van der Waals surface area contributed by atoms with E-state index in [1.54, 1.807) is 0 Å². The van der Waals surface area contributed by atoms with E-state index in [9.17, 15) is 14.3 Å². The third kappa shape index (κ3) is 33.6. The first kappa shape index (κ1) is 43.5. The highest BCUT2D eigenvalue weighted by molar-refractivity contribution is 7.45. The highest BCUT2D eigenvalue weighted by atomic mass is 31.2. The first-order chi connectivity index (χ1) is 21.6. The molecule has 8 nitrogen and oxygen atoms in total. The average Bonchev–Trinajstić information content (AvgIpc) is 2.98. The Kier molecular flexibility index (Phi) is 28.8. The number of phosphoric acid groups is 1. The Hall–Kier alpha value is -1.54. The Balaban J connectivity index is 4.31. The van der Waals surface area contributed by atoms with Crippen LogP contribution < -0.4 is 4.89 Å². The molecular weight excluding hydrogens is 589 g/mol. The summed E-state index contributed by atoms with van der Waals surface area (Å²) >= 11 is 0. The van der Waals surface area contributed by atoms with Crippen molar-refractivity contribution in [3.05, 3.63) is 48.6 Å². The van der Waals surface area contributed by atoms with Crippen molar-refractivity contribution in [1.82, 2.24) is 0 Å². The normalized spacial score (nSPS) is 14.7. The smallest absolute Gasteiger partial charge is 0.306 e. The first-order valence-electron chi connectivity index (χ1n) is 17.4. The van der Waals surface area contributed by atoms with Crippen LogP contribution in [0.4, 0.5) is 0 Å². The number of quaternary nitrogens is 1. The molecule has 0 aromatic carbocycles. The van der Waals surface area contributed by atoms with Gasteiger partial charge in [0.05, 0.1) is 34.4 Å². The molecule has 0 saturated carbocycles. The number of esters is 1. The number of rotatable bonds is 31. The summed E-state index contributed by atoms with van der Waals surface area (Å²) in [5.41, 5.74) is 0. The summed E-state index contributed by atoms with van der Waals surface area (Å²) < 4.78 is 34.1. The molecule has 0 spiro atoms. The van der Waals surface area contributed by atoms with Crippen molar-refractivity contribution in [1.29, 1.82) is 0 Å². The van der Waals surface area contributed by atoms with Crippen molar-refractivity contribution in [3.63, 3.8) is 0 Å². The van der Waals surface area contributed by atoms with Crippen molar-refractivity contribution in [3.8, 4) is 0 Å². The quantitative estimate of drug-likeness (QED) is 0.0243. The molecule has 0 saturated heterocycles. The van der Waals surface area contributed by atoms with Gasteiger partial charge in [0.25, 0.3) is 7.82 Å². The summed E-state index contributed by atoms with van der Waals surface area (Å²) in [7, 11) is 1.33. The molecule has 9 heteroatoms. The fourth-order valence-electron chi connectivity index (χ4n) is 4.18. The highest BCUT2D eigenvalue weighted by Crippen LogP contribution is 2.38. The zero-order valence-electron chi connectivity index (χ0n) is 29.3. The summed E-state index contributed by atoms with van der Waals surface area (Å²) in [4.78, 5) is 24.8.